The quantitative estimate of drug-likeness (QED) is 0.485. The Kier molecular flexibility index (Phi) is 2.42. The summed E-state index contributed by atoms with van der Waals surface area (Å²) >= 11 is 6.22. The zero-order valence-electron chi connectivity index (χ0n) is 7.58. The second kappa shape index (κ2) is 3.58. The van der Waals surface area contributed by atoms with Gasteiger partial charge in [-0.1, -0.05) is 42.5 Å². The molecule has 2 rings (SSSR count). The summed E-state index contributed by atoms with van der Waals surface area (Å²) in [5.41, 5.74) is 0.770. The van der Waals surface area contributed by atoms with Gasteiger partial charge in [-0.25, -0.2) is 4.39 Å². The van der Waals surface area contributed by atoms with E-state index in [2.05, 4.69) is 0 Å². The van der Waals surface area contributed by atoms with Crippen LogP contribution in [-0.4, -0.2) is 0 Å². The Morgan fingerprint density at radius 3 is 2.57 bits per heavy atom. The molecule has 0 N–H and O–H groups in total. The second-order valence-electron chi connectivity index (χ2n) is 3.27. The van der Waals surface area contributed by atoms with Crippen LogP contribution in [0, 0.1) is 0 Å². The topological polar surface area (TPSA) is 0 Å². The predicted octanol–water partition coefficient (Wildman–Crippen LogP) is 3.93. The smallest absolute Gasteiger partial charge is 0.139 e. The normalized spacial score (nSPS) is 26.0. The first kappa shape index (κ1) is 9.47. The van der Waals surface area contributed by atoms with Crippen LogP contribution in [0.4, 0.5) is 4.39 Å². The van der Waals surface area contributed by atoms with E-state index in [1.165, 1.54) is 6.08 Å². The maximum atomic E-state index is 13.6. The summed E-state index contributed by atoms with van der Waals surface area (Å²) in [5, 5.41) is 0. The number of benzene rings is 1. The molecule has 1 atom stereocenters. The largest absolute Gasteiger partial charge is 0.209 e. The van der Waals surface area contributed by atoms with Gasteiger partial charge in [0.15, 0.2) is 0 Å². The molecule has 1 aliphatic carbocycles. The molecule has 1 aliphatic rings. The molecule has 14 heavy (non-hydrogen) atoms. The lowest BCUT2D eigenvalue weighted by molar-refractivity contribution is 0.548. The van der Waals surface area contributed by atoms with Gasteiger partial charge in [-0.15, -0.1) is 11.6 Å². The third kappa shape index (κ3) is 1.48. The van der Waals surface area contributed by atoms with Crippen LogP contribution in [0.3, 0.4) is 0 Å². The average molecular weight is 209 g/mol. The van der Waals surface area contributed by atoms with Gasteiger partial charge in [-0.3, -0.25) is 0 Å². The van der Waals surface area contributed by atoms with Crippen LogP contribution >= 0.6 is 11.6 Å². The highest BCUT2D eigenvalue weighted by Gasteiger charge is 2.32. The molecule has 0 saturated heterocycles. The van der Waals surface area contributed by atoms with E-state index >= 15 is 0 Å². The van der Waals surface area contributed by atoms with E-state index in [4.69, 9.17) is 11.6 Å². The van der Waals surface area contributed by atoms with Crippen molar-refractivity contribution >= 4 is 11.6 Å². The molecule has 0 bridgehead atoms. The van der Waals surface area contributed by atoms with Crippen LogP contribution in [0.15, 0.2) is 54.4 Å². The lowest BCUT2D eigenvalue weighted by Crippen LogP contribution is -2.18. The SMILES string of the molecule is FC1=CCC=CC1(Cl)c1ccccc1. The van der Waals surface area contributed by atoms with Gasteiger partial charge in [0, 0.05) is 0 Å². The molecule has 0 nitrogen and oxygen atoms in total. The van der Waals surface area contributed by atoms with Crippen LogP contribution in [0.25, 0.3) is 0 Å². The van der Waals surface area contributed by atoms with E-state index in [9.17, 15) is 4.39 Å². The van der Waals surface area contributed by atoms with E-state index in [0.717, 1.165) is 5.56 Å². The number of allylic oxidation sites excluding steroid dienone is 4. The molecule has 0 fully saturated rings. The van der Waals surface area contributed by atoms with E-state index in [1.807, 2.05) is 36.4 Å². The highest BCUT2D eigenvalue weighted by Crippen LogP contribution is 2.41. The molecule has 1 aromatic carbocycles. The highest BCUT2D eigenvalue weighted by molar-refractivity contribution is 6.27. The summed E-state index contributed by atoms with van der Waals surface area (Å²) < 4.78 is 13.6. The van der Waals surface area contributed by atoms with Crippen molar-refractivity contribution in [3.63, 3.8) is 0 Å². The number of hydrogen-bond acceptors (Lipinski definition) is 0. The van der Waals surface area contributed by atoms with Crippen LogP contribution in [0.5, 0.6) is 0 Å². The molecule has 0 aromatic heterocycles. The van der Waals surface area contributed by atoms with Gasteiger partial charge in [0.2, 0.25) is 0 Å². The zero-order valence-corrected chi connectivity index (χ0v) is 8.34. The Balaban J connectivity index is 2.46. The van der Waals surface area contributed by atoms with Gasteiger partial charge >= 0.3 is 0 Å². The molecule has 0 amide bonds. The van der Waals surface area contributed by atoms with Crippen molar-refractivity contribution in [1.29, 1.82) is 0 Å². The fourth-order valence-electron chi connectivity index (χ4n) is 1.54. The summed E-state index contributed by atoms with van der Waals surface area (Å²) in [7, 11) is 0. The fourth-order valence-corrected chi connectivity index (χ4v) is 1.84. The standard InChI is InChI=1S/C12H10ClF/c13-12(9-5-4-8-11(12)14)10-6-2-1-3-7-10/h1-3,5-9H,4H2. The summed E-state index contributed by atoms with van der Waals surface area (Å²) in [6.07, 6.45) is 5.72. The van der Waals surface area contributed by atoms with Crippen molar-refractivity contribution in [1.82, 2.24) is 0 Å². The Labute approximate surface area is 87.7 Å². The average Bonchev–Trinajstić information content (AvgIpc) is 2.24. The second-order valence-corrected chi connectivity index (χ2v) is 3.86. The Hall–Kier alpha value is -1.08. The number of halogens is 2. The lowest BCUT2D eigenvalue weighted by atomic mass is 9.92. The first-order chi connectivity index (χ1) is 6.73. The molecule has 0 spiro atoms. The molecule has 72 valence electrons. The predicted molar refractivity (Wildman–Crippen MR) is 56.9 cm³/mol. The highest BCUT2D eigenvalue weighted by atomic mass is 35.5. The van der Waals surface area contributed by atoms with Crippen LogP contribution < -0.4 is 0 Å². The van der Waals surface area contributed by atoms with Crippen molar-refractivity contribution in [2.45, 2.75) is 11.3 Å². The van der Waals surface area contributed by atoms with Crippen LogP contribution in [0.1, 0.15) is 12.0 Å². The maximum absolute atomic E-state index is 13.6. The molecular formula is C12H10ClF. The first-order valence-corrected chi connectivity index (χ1v) is 4.89. The summed E-state index contributed by atoms with van der Waals surface area (Å²) in [5.74, 6) is -0.284. The van der Waals surface area contributed by atoms with E-state index in [1.54, 1.807) is 6.08 Å². The Bertz CT molecular complexity index is 381. The molecule has 0 radical (unpaired) electrons. The summed E-state index contributed by atoms with van der Waals surface area (Å²) in [4.78, 5) is -1.08. The van der Waals surface area contributed by atoms with Crippen LogP contribution in [0.2, 0.25) is 0 Å². The van der Waals surface area contributed by atoms with E-state index in [0.29, 0.717) is 6.42 Å². The van der Waals surface area contributed by atoms with Gasteiger partial charge in [0.1, 0.15) is 10.7 Å². The molecule has 1 aromatic rings. The minimum atomic E-state index is -1.08. The van der Waals surface area contributed by atoms with Gasteiger partial charge in [-0.05, 0) is 18.1 Å². The van der Waals surface area contributed by atoms with Gasteiger partial charge in [0.05, 0.1) is 0 Å². The van der Waals surface area contributed by atoms with Crippen molar-refractivity contribution in [3.8, 4) is 0 Å². The molecule has 0 saturated carbocycles. The van der Waals surface area contributed by atoms with E-state index < -0.39 is 4.87 Å². The monoisotopic (exact) mass is 208 g/mol. The molecule has 0 aliphatic heterocycles. The number of rotatable bonds is 1. The first-order valence-electron chi connectivity index (χ1n) is 4.52. The van der Waals surface area contributed by atoms with Crippen molar-refractivity contribution in [3.05, 3.63) is 60.0 Å². The summed E-state index contributed by atoms with van der Waals surface area (Å²) in [6.45, 7) is 0. The molecular weight excluding hydrogens is 199 g/mol. The minimum absolute atomic E-state index is 0.284. The molecule has 1 unspecified atom stereocenters. The van der Waals surface area contributed by atoms with Gasteiger partial charge in [0.25, 0.3) is 0 Å². The fraction of sp³-hybridized carbons (Fsp3) is 0.167. The Morgan fingerprint density at radius 2 is 1.93 bits per heavy atom. The lowest BCUT2D eigenvalue weighted by Gasteiger charge is -2.24. The maximum Gasteiger partial charge on any atom is 0.139 e. The van der Waals surface area contributed by atoms with Crippen LogP contribution in [-0.2, 0) is 4.87 Å². The third-order valence-corrected chi connectivity index (χ3v) is 2.85. The number of hydrogen-bond donors (Lipinski definition) is 0. The minimum Gasteiger partial charge on any atom is -0.209 e. The molecule has 0 heterocycles. The van der Waals surface area contributed by atoms with Crippen molar-refractivity contribution in [2.75, 3.05) is 0 Å². The van der Waals surface area contributed by atoms with Gasteiger partial charge < -0.3 is 0 Å². The van der Waals surface area contributed by atoms with E-state index in [-0.39, 0.29) is 5.83 Å². The third-order valence-electron chi connectivity index (χ3n) is 2.32. The Morgan fingerprint density at radius 1 is 1.21 bits per heavy atom. The van der Waals surface area contributed by atoms with Crippen molar-refractivity contribution < 1.29 is 4.39 Å². The zero-order chi connectivity index (χ0) is 10.0. The molecule has 2 heteroatoms. The van der Waals surface area contributed by atoms with Gasteiger partial charge in [-0.2, -0.15) is 0 Å². The number of alkyl halides is 1. The van der Waals surface area contributed by atoms with Crippen molar-refractivity contribution in [2.24, 2.45) is 0 Å². The summed E-state index contributed by atoms with van der Waals surface area (Å²) in [6, 6.07) is 9.26.